The van der Waals surface area contributed by atoms with Crippen LogP contribution < -0.4 is 4.90 Å². The minimum absolute atomic E-state index is 0.139. The Kier molecular flexibility index (Phi) is 3.93. The normalized spacial score (nSPS) is 27.5. The standard InChI is InChI=1S/C22H20N2O4/c25-18(23(12-17-7-4-10-28-17)16-5-2-1-3-6-16)13-24-21(26)19-14-8-9-15(11-14)20(19)22(24)27/h1-10,14-15,19-20H,11-13H2. The van der Waals surface area contributed by atoms with Crippen molar-refractivity contribution in [1.82, 2.24) is 4.90 Å². The monoisotopic (exact) mass is 376 g/mol. The topological polar surface area (TPSA) is 70.8 Å². The van der Waals surface area contributed by atoms with Gasteiger partial charge in [-0.25, -0.2) is 0 Å². The fourth-order valence-electron chi connectivity index (χ4n) is 4.83. The lowest BCUT2D eigenvalue weighted by Gasteiger charge is -2.25. The zero-order chi connectivity index (χ0) is 19.3. The first-order chi connectivity index (χ1) is 13.6. The van der Waals surface area contributed by atoms with Crippen LogP contribution in [0, 0.1) is 23.7 Å². The van der Waals surface area contributed by atoms with E-state index in [2.05, 4.69) is 12.2 Å². The van der Waals surface area contributed by atoms with E-state index in [1.165, 1.54) is 4.90 Å². The van der Waals surface area contributed by atoms with E-state index in [0.717, 1.165) is 6.42 Å². The molecule has 1 aromatic heterocycles. The molecule has 1 saturated carbocycles. The summed E-state index contributed by atoms with van der Waals surface area (Å²) in [6.45, 7) is 0.00540. The van der Waals surface area contributed by atoms with Crippen LogP contribution >= 0.6 is 0 Å². The number of furan rings is 1. The van der Waals surface area contributed by atoms with E-state index in [1.807, 2.05) is 30.3 Å². The number of nitrogens with zero attached hydrogens (tertiary/aromatic N) is 2. The van der Waals surface area contributed by atoms with Gasteiger partial charge in [0.15, 0.2) is 0 Å². The second-order valence-corrected chi connectivity index (χ2v) is 7.66. The van der Waals surface area contributed by atoms with E-state index in [4.69, 9.17) is 4.42 Å². The van der Waals surface area contributed by atoms with Crippen molar-refractivity contribution in [2.75, 3.05) is 11.4 Å². The third kappa shape index (κ3) is 2.59. The molecule has 2 heterocycles. The van der Waals surface area contributed by atoms with Gasteiger partial charge in [-0.1, -0.05) is 30.4 Å². The number of carbonyl (C=O) groups excluding carboxylic acids is 3. The molecule has 6 nitrogen and oxygen atoms in total. The Morgan fingerprint density at radius 2 is 1.68 bits per heavy atom. The van der Waals surface area contributed by atoms with Crippen LogP contribution in [0.2, 0.25) is 0 Å². The molecule has 142 valence electrons. The molecular formula is C22H20N2O4. The second kappa shape index (κ2) is 6.48. The molecule has 3 amide bonds. The van der Waals surface area contributed by atoms with Crippen molar-refractivity contribution < 1.29 is 18.8 Å². The average molecular weight is 376 g/mol. The lowest BCUT2D eigenvalue weighted by molar-refractivity contribution is -0.143. The van der Waals surface area contributed by atoms with Crippen LogP contribution in [-0.2, 0) is 20.9 Å². The second-order valence-electron chi connectivity index (χ2n) is 7.66. The van der Waals surface area contributed by atoms with Gasteiger partial charge in [0.25, 0.3) is 0 Å². The maximum Gasteiger partial charge on any atom is 0.247 e. The lowest BCUT2D eigenvalue weighted by Crippen LogP contribution is -2.43. The number of para-hydroxylation sites is 1. The highest BCUT2D eigenvalue weighted by molar-refractivity contribution is 6.10. The van der Waals surface area contributed by atoms with Gasteiger partial charge in [-0.05, 0) is 42.5 Å². The fourth-order valence-corrected chi connectivity index (χ4v) is 4.83. The summed E-state index contributed by atoms with van der Waals surface area (Å²) in [5, 5.41) is 0. The largest absolute Gasteiger partial charge is 0.467 e. The number of hydrogen-bond acceptors (Lipinski definition) is 4. The van der Waals surface area contributed by atoms with Gasteiger partial charge in [0, 0.05) is 5.69 Å². The molecule has 0 N–H and O–H groups in total. The van der Waals surface area contributed by atoms with E-state index in [0.29, 0.717) is 11.4 Å². The number of benzene rings is 1. The third-order valence-corrected chi connectivity index (χ3v) is 6.12. The number of hydrogen-bond donors (Lipinski definition) is 0. The van der Waals surface area contributed by atoms with Crippen molar-refractivity contribution in [3.63, 3.8) is 0 Å². The Morgan fingerprint density at radius 1 is 1.00 bits per heavy atom. The van der Waals surface area contributed by atoms with Crippen molar-refractivity contribution in [1.29, 1.82) is 0 Å². The van der Waals surface area contributed by atoms with Crippen LogP contribution in [0.4, 0.5) is 5.69 Å². The Bertz CT molecular complexity index is 920. The molecule has 2 fully saturated rings. The van der Waals surface area contributed by atoms with Crippen LogP contribution in [0.1, 0.15) is 12.2 Å². The first-order valence-electron chi connectivity index (χ1n) is 9.55. The summed E-state index contributed by atoms with van der Waals surface area (Å²) in [7, 11) is 0. The summed E-state index contributed by atoms with van der Waals surface area (Å²) in [5.74, 6) is -0.367. The molecule has 28 heavy (non-hydrogen) atoms. The molecule has 2 bridgehead atoms. The van der Waals surface area contributed by atoms with Crippen LogP contribution in [-0.4, -0.2) is 29.2 Å². The quantitative estimate of drug-likeness (QED) is 0.594. The Morgan fingerprint density at radius 3 is 2.29 bits per heavy atom. The molecule has 1 saturated heterocycles. The molecule has 2 aliphatic carbocycles. The number of anilines is 1. The Labute approximate surface area is 162 Å². The van der Waals surface area contributed by atoms with E-state index in [1.54, 1.807) is 23.3 Å². The van der Waals surface area contributed by atoms with Crippen LogP contribution in [0.25, 0.3) is 0 Å². The number of carbonyl (C=O) groups is 3. The molecule has 1 aromatic carbocycles. The predicted octanol–water partition coefficient (Wildman–Crippen LogP) is 2.62. The minimum atomic E-state index is -0.301. The van der Waals surface area contributed by atoms with Gasteiger partial charge in [0.05, 0.1) is 24.6 Å². The number of fused-ring (bicyclic) bond motifs is 5. The maximum atomic E-state index is 13.1. The van der Waals surface area contributed by atoms with Gasteiger partial charge in [-0.3, -0.25) is 19.3 Å². The zero-order valence-electron chi connectivity index (χ0n) is 15.2. The third-order valence-electron chi connectivity index (χ3n) is 6.12. The van der Waals surface area contributed by atoms with Crippen molar-refractivity contribution >= 4 is 23.4 Å². The highest BCUT2D eigenvalue weighted by Crippen LogP contribution is 2.52. The number of amides is 3. The molecule has 1 aliphatic heterocycles. The minimum Gasteiger partial charge on any atom is -0.467 e. The molecule has 4 atom stereocenters. The van der Waals surface area contributed by atoms with Crippen LogP contribution in [0.5, 0.6) is 0 Å². The van der Waals surface area contributed by atoms with Crippen LogP contribution in [0.3, 0.4) is 0 Å². The summed E-state index contributed by atoms with van der Waals surface area (Å²) >= 11 is 0. The molecule has 0 radical (unpaired) electrons. The maximum absolute atomic E-state index is 13.1. The number of imide groups is 1. The summed E-state index contributed by atoms with van der Waals surface area (Å²) in [4.78, 5) is 41.6. The number of rotatable bonds is 5. The van der Waals surface area contributed by atoms with Gasteiger partial charge in [0.2, 0.25) is 17.7 Å². The Balaban J connectivity index is 1.38. The van der Waals surface area contributed by atoms with Gasteiger partial charge in [-0.2, -0.15) is 0 Å². The molecule has 6 heteroatoms. The number of likely N-dealkylation sites (tertiary alicyclic amines) is 1. The highest BCUT2D eigenvalue weighted by atomic mass is 16.3. The first kappa shape index (κ1) is 17.0. The highest BCUT2D eigenvalue weighted by Gasteiger charge is 2.59. The van der Waals surface area contributed by atoms with Crippen molar-refractivity contribution in [3.05, 3.63) is 66.6 Å². The zero-order valence-corrected chi connectivity index (χ0v) is 15.2. The van der Waals surface area contributed by atoms with Crippen molar-refractivity contribution in [3.8, 4) is 0 Å². The van der Waals surface area contributed by atoms with E-state index >= 15 is 0 Å². The average Bonchev–Trinajstić information content (AvgIpc) is 3.49. The lowest BCUT2D eigenvalue weighted by atomic mass is 9.85. The van der Waals surface area contributed by atoms with E-state index < -0.39 is 0 Å². The summed E-state index contributed by atoms with van der Waals surface area (Å²) in [5.41, 5.74) is 0.699. The van der Waals surface area contributed by atoms with Crippen molar-refractivity contribution in [2.24, 2.45) is 23.7 Å². The van der Waals surface area contributed by atoms with Gasteiger partial charge >= 0.3 is 0 Å². The van der Waals surface area contributed by atoms with E-state index in [9.17, 15) is 14.4 Å². The van der Waals surface area contributed by atoms with Crippen molar-refractivity contribution in [2.45, 2.75) is 13.0 Å². The SMILES string of the molecule is O=C1C2C3C=CC(C3)C2C(=O)N1CC(=O)N(Cc1ccco1)c1ccccc1. The van der Waals surface area contributed by atoms with E-state index in [-0.39, 0.29) is 54.5 Å². The molecule has 2 aromatic rings. The van der Waals surface area contributed by atoms with Crippen LogP contribution in [0.15, 0.2) is 65.3 Å². The smallest absolute Gasteiger partial charge is 0.247 e. The first-order valence-corrected chi connectivity index (χ1v) is 9.55. The van der Waals surface area contributed by atoms with Gasteiger partial charge in [0.1, 0.15) is 12.3 Å². The van der Waals surface area contributed by atoms with Gasteiger partial charge in [-0.15, -0.1) is 0 Å². The predicted molar refractivity (Wildman–Crippen MR) is 101 cm³/mol. The molecule has 0 spiro atoms. The molecular weight excluding hydrogens is 356 g/mol. The molecule has 5 rings (SSSR count). The summed E-state index contributed by atoms with van der Waals surface area (Å²) in [6.07, 6.45) is 6.54. The van der Waals surface area contributed by atoms with Gasteiger partial charge < -0.3 is 9.32 Å². The summed E-state index contributed by atoms with van der Waals surface area (Å²) in [6, 6.07) is 12.8. The fraction of sp³-hybridized carbons (Fsp3) is 0.318. The molecule has 3 aliphatic rings. The molecule has 4 unspecified atom stereocenters. The summed E-state index contributed by atoms with van der Waals surface area (Å²) < 4.78 is 5.40. The number of allylic oxidation sites excluding steroid dienone is 2. The Hall–Kier alpha value is -3.15.